The fraction of sp³-hybridized carbons (Fsp3) is 0.200. The van der Waals surface area contributed by atoms with Crippen LogP contribution in [-0.2, 0) is 0 Å². The van der Waals surface area contributed by atoms with E-state index in [9.17, 15) is 9.59 Å². The molecule has 0 saturated heterocycles. The standard InChI is InChI=1S/C25H26N6O3/c1-6-20(17-9-11-18(34-5)12-10-17)26-14-16(2)25(3,4)30-24(33)19-15-27-22(29-23(19)32)21-8-7-13-28-31-21/h6-15H,1H2,2-5H3,(H,30,33)(H,27,29,32). The van der Waals surface area contributed by atoms with Crippen molar-refractivity contribution in [2.75, 3.05) is 7.11 Å². The fourth-order valence-electron chi connectivity index (χ4n) is 2.90. The van der Waals surface area contributed by atoms with Gasteiger partial charge in [-0.25, -0.2) is 4.98 Å². The van der Waals surface area contributed by atoms with E-state index in [1.54, 1.807) is 31.5 Å². The van der Waals surface area contributed by atoms with Crippen molar-refractivity contribution in [3.8, 4) is 17.3 Å². The maximum absolute atomic E-state index is 12.8. The number of nitrogens with zero attached hydrogens (tertiary/aromatic N) is 4. The number of aromatic nitrogens is 4. The number of hydrogen-bond donors (Lipinski definition) is 2. The molecule has 1 amide bonds. The van der Waals surface area contributed by atoms with E-state index < -0.39 is 17.0 Å². The Morgan fingerprint density at radius 2 is 1.97 bits per heavy atom. The van der Waals surface area contributed by atoms with Crippen LogP contribution in [0.4, 0.5) is 0 Å². The van der Waals surface area contributed by atoms with Gasteiger partial charge in [-0.3, -0.25) is 14.6 Å². The molecule has 2 N–H and O–H groups in total. The molecular formula is C25H26N6O3. The molecule has 3 rings (SSSR count). The third-order valence-corrected chi connectivity index (χ3v) is 5.25. The lowest BCUT2D eigenvalue weighted by Gasteiger charge is -2.27. The molecule has 0 bridgehead atoms. The number of methoxy groups -OCH3 is 1. The summed E-state index contributed by atoms with van der Waals surface area (Å²) in [5, 5.41) is 10.5. The molecule has 0 aliphatic rings. The van der Waals surface area contributed by atoms with Gasteiger partial charge in [0.15, 0.2) is 5.82 Å². The third-order valence-electron chi connectivity index (χ3n) is 5.25. The van der Waals surface area contributed by atoms with Gasteiger partial charge in [-0.1, -0.05) is 6.58 Å². The van der Waals surface area contributed by atoms with E-state index >= 15 is 0 Å². The van der Waals surface area contributed by atoms with Crippen LogP contribution in [0.15, 0.2) is 83.0 Å². The largest absolute Gasteiger partial charge is 0.497 e. The second-order valence-corrected chi connectivity index (χ2v) is 7.92. The Labute approximate surface area is 197 Å². The van der Waals surface area contributed by atoms with Gasteiger partial charge in [0.25, 0.3) is 11.5 Å². The number of hydrogen-bond acceptors (Lipinski definition) is 7. The number of aromatic amines is 1. The summed E-state index contributed by atoms with van der Waals surface area (Å²) in [7, 11) is 1.61. The Bertz CT molecular complexity index is 1290. The number of nitrogens with one attached hydrogen (secondary N) is 2. The van der Waals surface area contributed by atoms with Crippen LogP contribution in [0.1, 0.15) is 36.7 Å². The molecule has 2 heterocycles. The van der Waals surface area contributed by atoms with E-state index in [1.807, 2.05) is 45.0 Å². The first-order valence-electron chi connectivity index (χ1n) is 10.5. The Morgan fingerprint density at radius 1 is 1.24 bits per heavy atom. The van der Waals surface area contributed by atoms with Crippen molar-refractivity contribution in [3.05, 3.63) is 94.7 Å². The Balaban J connectivity index is 1.78. The van der Waals surface area contributed by atoms with Crippen molar-refractivity contribution in [1.29, 1.82) is 0 Å². The van der Waals surface area contributed by atoms with Crippen LogP contribution in [-0.4, -0.2) is 44.4 Å². The van der Waals surface area contributed by atoms with E-state index in [1.165, 1.54) is 12.4 Å². The third kappa shape index (κ3) is 5.69. The topological polar surface area (TPSA) is 122 Å². The molecule has 0 fully saturated rings. The van der Waals surface area contributed by atoms with Crippen molar-refractivity contribution < 1.29 is 9.53 Å². The molecule has 0 aliphatic heterocycles. The number of H-pyrrole nitrogens is 1. The SMILES string of the molecule is C=CC(=NC=C(C)C(C)(C)NC(=O)c1cnc(-c2cccnn2)[nH]c1=O)c1ccc(OC)cc1. The van der Waals surface area contributed by atoms with Gasteiger partial charge in [-0.2, -0.15) is 5.10 Å². The van der Waals surface area contributed by atoms with Gasteiger partial charge < -0.3 is 15.0 Å². The van der Waals surface area contributed by atoms with Gasteiger partial charge in [0, 0.05) is 24.2 Å². The van der Waals surface area contributed by atoms with E-state index in [0.717, 1.165) is 16.9 Å². The van der Waals surface area contributed by atoms with E-state index in [-0.39, 0.29) is 11.4 Å². The monoisotopic (exact) mass is 458 g/mol. The number of allylic oxidation sites excluding steroid dienone is 1. The first kappa shape index (κ1) is 24.2. The van der Waals surface area contributed by atoms with E-state index in [0.29, 0.717) is 11.4 Å². The van der Waals surface area contributed by atoms with Crippen LogP contribution in [0.2, 0.25) is 0 Å². The molecule has 3 aromatic rings. The smallest absolute Gasteiger partial charge is 0.264 e. The van der Waals surface area contributed by atoms with Crippen molar-refractivity contribution in [3.63, 3.8) is 0 Å². The lowest BCUT2D eigenvalue weighted by molar-refractivity contribution is 0.0922. The predicted octanol–water partition coefficient (Wildman–Crippen LogP) is 3.32. The summed E-state index contributed by atoms with van der Waals surface area (Å²) in [6.45, 7) is 9.32. The Kier molecular flexibility index (Phi) is 7.47. The summed E-state index contributed by atoms with van der Waals surface area (Å²) in [6.07, 6.45) is 6.06. The number of carbonyl (C=O) groups is 1. The van der Waals surface area contributed by atoms with Crippen molar-refractivity contribution in [2.24, 2.45) is 4.99 Å². The van der Waals surface area contributed by atoms with Crippen molar-refractivity contribution >= 4 is 11.6 Å². The van der Waals surface area contributed by atoms with Gasteiger partial charge in [-0.15, -0.1) is 5.10 Å². The molecule has 9 heteroatoms. The van der Waals surface area contributed by atoms with Gasteiger partial charge in [-0.05, 0) is 68.8 Å². The first-order valence-corrected chi connectivity index (χ1v) is 10.5. The predicted molar refractivity (Wildman–Crippen MR) is 131 cm³/mol. The quantitative estimate of drug-likeness (QED) is 0.499. The highest BCUT2D eigenvalue weighted by Gasteiger charge is 2.25. The van der Waals surface area contributed by atoms with Crippen LogP contribution in [0, 0.1) is 0 Å². The summed E-state index contributed by atoms with van der Waals surface area (Å²) in [5.74, 6) is 0.423. The van der Waals surface area contributed by atoms with Crippen molar-refractivity contribution in [1.82, 2.24) is 25.5 Å². The van der Waals surface area contributed by atoms with Gasteiger partial charge in [0.1, 0.15) is 17.0 Å². The summed E-state index contributed by atoms with van der Waals surface area (Å²) >= 11 is 0. The number of benzene rings is 1. The van der Waals surface area contributed by atoms with E-state index in [2.05, 4.69) is 37.1 Å². The molecule has 0 unspecified atom stereocenters. The minimum absolute atomic E-state index is 0.109. The number of amides is 1. The maximum atomic E-state index is 12.8. The zero-order valence-corrected chi connectivity index (χ0v) is 19.5. The fourth-order valence-corrected chi connectivity index (χ4v) is 2.90. The van der Waals surface area contributed by atoms with Gasteiger partial charge in [0.2, 0.25) is 0 Å². The molecule has 174 valence electrons. The highest BCUT2D eigenvalue weighted by Crippen LogP contribution is 2.18. The molecule has 0 atom stereocenters. The number of rotatable bonds is 8. The molecule has 9 nitrogen and oxygen atoms in total. The molecule has 0 radical (unpaired) electrons. The number of carbonyl (C=O) groups excluding carboxylic acids is 1. The molecule has 0 aliphatic carbocycles. The van der Waals surface area contributed by atoms with Crippen LogP contribution >= 0.6 is 0 Å². The Morgan fingerprint density at radius 3 is 2.56 bits per heavy atom. The first-order chi connectivity index (χ1) is 16.2. The van der Waals surface area contributed by atoms with Gasteiger partial charge in [0.05, 0.1) is 18.4 Å². The molecule has 0 saturated carbocycles. The van der Waals surface area contributed by atoms with Crippen LogP contribution in [0.5, 0.6) is 5.75 Å². The summed E-state index contributed by atoms with van der Waals surface area (Å²) in [5.41, 5.74) is 1.25. The van der Waals surface area contributed by atoms with Crippen LogP contribution in [0.3, 0.4) is 0 Å². The highest BCUT2D eigenvalue weighted by atomic mass is 16.5. The highest BCUT2D eigenvalue weighted by molar-refractivity contribution is 6.08. The normalized spacial score (nSPS) is 12.2. The van der Waals surface area contributed by atoms with Gasteiger partial charge >= 0.3 is 0 Å². The zero-order chi connectivity index (χ0) is 24.7. The summed E-state index contributed by atoms with van der Waals surface area (Å²) in [4.78, 5) is 36.6. The lowest BCUT2D eigenvalue weighted by Crippen LogP contribution is -2.46. The van der Waals surface area contributed by atoms with Crippen molar-refractivity contribution in [2.45, 2.75) is 26.3 Å². The number of ether oxygens (including phenoxy) is 1. The van der Waals surface area contributed by atoms with Crippen LogP contribution < -0.4 is 15.6 Å². The molecule has 0 spiro atoms. The molecule has 1 aromatic carbocycles. The summed E-state index contributed by atoms with van der Waals surface area (Å²) in [6, 6.07) is 10.8. The average molecular weight is 459 g/mol. The van der Waals surface area contributed by atoms with E-state index in [4.69, 9.17) is 4.74 Å². The molecular weight excluding hydrogens is 432 g/mol. The average Bonchev–Trinajstić information content (AvgIpc) is 2.84. The molecule has 34 heavy (non-hydrogen) atoms. The minimum Gasteiger partial charge on any atom is -0.497 e. The van der Waals surface area contributed by atoms with Crippen LogP contribution in [0.25, 0.3) is 11.5 Å². The Hall–Kier alpha value is -4.40. The second kappa shape index (κ2) is 10.5. The lowest BCUT2D eigenvalue weighted by atomic mass is 9.95. The maximum Gasteiger partial charge on any atom is 0.264 e. The molecule has 2 aromatic heterocycles. The zero-order valence-electron chi connectivity index (χ0n) is 19.5. The minimum atomic E-state index is -0.789. The number of aliphatic imine (C=N–C) groups is 1. The summed E-state index contributed by atoms with van der Waals surface area (Å²) < 4.78 is 5.18. The second-order valence-electron chi connectivity index (χ2n) is 7.92.